The Labute approximate surface area is 119 Å². The lowest BCUT2D eigenvalue weighted by atomic mass is 10.3. The Morgan fingerprint density at radius 2 is 2.15 bits per heavy atom. The summed E-state index contributed by atoms with van der Waals surface area (Å²) in [6.07, 6.45) is 0. The SMILES string of the molecule is CCOC(=O)c1cc(C)sc1NC(=O)c1cc(C)on1. The molecule has 0 fully saturated rings. The van der Waals surface area contributed by atoms with Crippen molar-refractivity contribution in [2.24, 2.45) is 0 Å². The second-order valence-corrected chi connectivity index (χ2v) is 5.35. The zero-order chi connectivity index (χ0) is 14.7. The molecule has 2 rings (SSSR count). The van der Waals surface area contributed by atoms with Crippen molar-refractivity contribution < 1.29 is 18.8 Å². The van der Waals surface area contributed by atoms with E-state index < -0.39 is 11.9 Å². The number of anilines is 1. The summed E-state index contributed by atoms with van der Waals surface area (Å²) in [7, 11) is 0. The topological polar surface area (TPSA) is 81.4 Å². The van der Waals surface area contributed by atoms with Crippen molar-refractivity contribution in [3.63, 3.8) is 0 Å². The van der Waals surface area contributed by atoms with Gasteiger partial charge in [-0.05, 0) is 26.8 Å². The number of carbonyl (C=O) groups excluding carboxylic acids is 2. The van der Waals surface area contributed by atoms with Gasteiger partial charge in [-0.15, -0.1) is 11.3 Å². The first kappa shape index (κ1) is 14.3. The summed E-state index contributed by atoms with van der Waals surface area (Å²) in [6.45, 7) is 5.56. The summed E-state index contributed by atoms with van der Waals surface area (Å²) < 4.78 is 9.80. The first-order valence-corrected chi connectivity index (χ1v) is 6.85. The molecule has 106 valence electrons. The molecule has 6 nitrogen and oxygen atoms in total. The standard InChI is InChI=1S/C13H14N2O4S/c1-4-18-13(17)9-6-8(3)20-12(9)14-11(16)10-5-7(2)19-15-10/h5-6H,4H2,1-3H3,(H,14,16). The van der Waals surface area contributed by atoms with Crippen LogP contribution in [0.2, 0.25) is 0 Å². The van der Waals surface area contributed by atoms with E-state index in [1.807, 2.05) is 6.92 Å². The van der Waals surface area contributed by atoms with Gasteiger partial charge >= 0.3 is 5.97 Å². The molecule has 0 aliphatic rings. The monoisotopic (exact) mass is 294 g/mol. The molecule has 0 aliphatic carbocycles. The molecule has 2 heterocycles. The van der Waals surface area contributed by atoms with Gasteiger partial charge < -0.3 is 14.6 Å². The fourth-order valence-electron chi connectivity index (χ4n) is 1.61. The number of aromatic nitrogens is 1. The zero-order valence-corrected chi connectivity index (χ0v) is 12.2. The molecule has 0 unspecified atom stereocenters. The van der Waals surface area contributed by atoms with Crippen LogP contribution in [0.5, 0.6) is 0 Å². The van der Waals surface area contributed by atoms with E-state index in [2.05, 4.69) is 10.5 Å². The van der Waals surface area contributed by atoms with Gasteiger partial charge in [0.2, 0.25) is 0 Å². The van der Waals surface area contributed by atoms with Crippen LogP contribution in [-0.2, 0) is 4.74 Å². The number of amides is 1. The maximum atomic E-state index is 12.0. The van der Waals surface area contributed by atoms with Gasteiger partial charge in [0.15, 0.2) is 5.69 Å². The highest BCUT2D eigenvalue weighted by atomic mass is 32.1. The molecular weight excluding hydrogens is 280 g/mol. The lowest BCUT2D eigenvalue weighted by molar-refractivity contribution is 0.0528. The van der Waals surface area contributed by atoms with Gasteiger partial charge in [0, 0.05) is 10.9 Å². The number of nitrogens with zero attached hydrogens (tertiary/aromatic N) is 1. The van der Waals surface area contributed by atoms with Crippen LogP contribution in [0.3, 0.4) is 0 Å². The van der Waals surface area contributed by atoms with Gasteiger partial charge in [-0.25, -0.2) is 4.79 Å². The molecule has 0 aliphatic heterocycles. The van der Waals surface area contributed by atoms with Gasteiger partial charge in [-0.3, -0.25) is 4.79 Å². The normalized spacial score (nSPS) is 10.3. The molecular formula is C13H14N2O4S. The van der Waals surface area contributed by atoms with Gasteiger partial charge in [0.25, 0.3) is 5.91 Å². The Kier molecular flexibility index (Phi) is 4.19. The van der Waals surface area contributed by atoms with E-state index >= 15 is 0 Å². The van der Waals surface area contributed by atoms with E-state index in [4.69, 9.17) is 9.26 Å². The maximum absolute atomic E-state index is 12.0. The third-order valence-corrected chi connectivity index (χ3v) is 3.40. The smallest absolute Gasteiger partial charge is 0.341 e. The number of hydrogen-bond donors (Lipinski definition) is 1. The molecule has 0 saturated heterocycles. The van der Waals surface area contributed by atoms with Gasteiger partial charge in [-0.1, -0.05) is 5.16 Å². The average Bonchev–Trinajstić information content (AvgIpc) is 2.96. The summed E-state index contributed by atoms with van der Waals surface area (Å²) in [5.41, 5.74) is 0.520. The van der Waals surface area contributed by atoms with Crippen LogP contribution < -0.4 is 5.32 Å². The van der Waals surface area contributed by atoms with Crippen molar-refractivity contribution >= 4 is 28.2 Å². The highest BCUT2D eigenvalue weighted by Gasteiger charge is 2.19. The molecule has 20 heavy (non-hydrogen) atoms. The number of carbonyl (C=O) groups is 2. The molecule has 0 spiro atoms. The molecule has 2 aromatic rings. The third kappa shape index (κ3) is 3.05. The van der Waals surface area contributed by atoms with E-state index in [1.54, 1.807) is 19.9 Å². The number of ether oxygens (including phenoxy) is 1. The predicted octanol–water partition coefficient (Wildman–Crippen LogP) is 2.78. The number of thiophene rings is 1. The Bertz CT molecular complexity index is 645. The van der Waals surface area contributed by atoms with E-state index in [9.17, 15) is 9.59 Å². The maximum Gasteiger partial charge on any atom is 0.341 e. The largest absolute Gasteiger partial charge is 0.462 e. The predicted molar refractivity (Wildman–Crippen MR) is 74.2 cm³/mol. The van der Waals surface area contributed by atoms with Crippen molar-refractivity contribution in [3.05, 3.63) is 34.0 Å². The molecule has 2 aromatic heterocycles. The van der Waals surface area contributed by atoms with Crippen molar-refractivity contribution in [2.75, 3.05) is 11.9 Å². The molecule has 1 amide bonds. The van der Waals surface area contributed by atoms with Crippen LogP contribution in [-0.4, -0.2) is 23.6 Å². The van der Waals surface area contributed by atoms with E-state index in [0.717, 1.165) is 4.88 Å². The Hall–Kier alpha value is -2.15. The minimum absolute atomic E-state index is 0.170. The second-order valence-electron chi connectivity index (χ2n) is 4.10. The van der Waals surface area contributed by atoms with Crippen LogP contribution in [0.15, 0.2) is 16.7 Å². The number of esters is 1. The van der Waals surface area contributed by atoms with Gasteiger partial charge in [-0.2, -0.15) is 0 Å². The van der Waals surface area contributed by atoms with Crippen molar-refractivity contribution in [2.45, 2.75) is 20.8 Å². The van der Waals surface area contributed by atoms with Gasteiger partial charge in [0.05, 0.1) is 12.2 Å². The van der Waals surface area contributed by atoms with Crippen LogP contribution in [0, 0.1) is 13.8 Å². The second kappa shape index (κ2) is 5.87. The lowest BCUT2D eigenvalue weighted by Crippen LogP contribution is -2.14. The van der Waals surface area contributed by atoms with Crippen LogP contribution >= 0.6 is 11.3 Å². The molecule has 0 aromatic carbocycles. The summed E-state index contributed by atoms with van der Waals surface area (Å²) in [5.74, 6) is -0.333. The van der Waals surface area contributed by atoms with Crippen molar-refractivity contribution in [3.8, 4) is 0 Å². The van der Waals surface area contributed by atoms with Crippen LogP contribution in [0.4, 0.5) is 5.00 Å². The van der Waals surface area contributed by atoms with E-state index in [-0.39, 0.29) is 12.3 Å². The Morgan fingerprint density at radius 1 is 1.40 bits per heavy atom. The average molecular weight is 294 g/mol. The quantitative estimate of drug-likeness (QED) is 0.877. The summed E-state index contributed by atoms with van der Waals surface area (Å²) in [4.78, 5) is 24.7. The molecule has 0 atom stereocenters. The number of hydrogen-bond acceptors (Lipinski definition) is 6. The summed E-state index contributed by atoms with van der Waals surface area (Å²) >= 11 is 1.31. The number of rotatable bonds is 4. The fraction of sp³-hybridized carbons (Fsp3) is 0.308. The lowest BCUT2D eigenvalue weighted by Gasteiger charge is -2.04. The fourth-order valence-corrected chi connectivity index (χ4v) is 2.50. The molecule has 1 N–H and O–H groups in total. The molecule has 0 bridgehead atoms. The minimum atomic E-state index is -0.455. The van der Waals surface area contributed by atoms with Crippen LogP contribution in [0.1, 0.15) is 38.4 Å². The zero-order valence-electron chi connectivity index (χ0n) is 11.4. The minimum Gasteiger partial charge on any atom is -0.462 e. The van der Waals surface area contributed by atoms with Crippen LogP contribution in [0.25, 0.3) is 0 Å². The molecule has 0 radical (unpaired) electrons. The first-order valence-electron chi connectivity index (χ1n) is 6.03. The van der Waals surface area contributed by atoms with E-state index in [1.165, 1.54) is 17.4 Å². The number of nitrogens with one attached hydrogen (secondary N) is 1. The highest BCUT2D eigenvalue weighted by molar-refractivity contribution is 7.16. The summed E-state index contributed by atoms with van der Waals surface area (Å²) in [6, 6.07) is 3.21. The number of aryl methyl sites for hydroxylation is 2. The van der Waals surface area contributed by atoms with Crippen molar-refractivity contribution in [1.29, 1.82) is 0 Å². The first-order chi connectivity index (χ1) is 9.51. The highest BCUT2D eigenvalue weighted by Crippen LogP contribution is 2.28. The Morgan fingerprint density at radius 3 is 2.75 bits per heavy atom. The Balaban J connectivity index is 2.21. The van der Waals surface area contributed by atoms with Crippen molar-refractivity contribution in [1.82, 2.24) is 5.16 Å². The third-order valence-electron chi connectivity index (χ3n) is 2.44. The summed E-state index contributed by atoms with van der Waals surface area (Å²) in [5, 5.41) is 6.74. The molecule has 7 heteroatoms. The van der Waals surface area contributed by atoms with Gasteiger partial charge in [0.1, 0.15) is 10.8 Å². The molecule has 0 saturated carbocycles. The van der Waals surface area contributed by atoms with E-state index in [0.29, 0.717) is 16.3 Å².